The van der Waals surface area contributed by atoms with E-state index in [9.17, 15) is 0 Å². The Kier molecular flexibility index (Phi) is 15.8. The topological polar surface area (TPSA) is 79.8 Å². The fourth-order valence-electron chi connectivity index (χ4n) is 1.37. The summed E-state index contributed by atoms with van der Waals surface area (Å²) in [6, 6.07) is 0.0278. The molecule has 1 N–H and O–H groups in total. The van der Waals surface area contributed by atoms with Crippen LogP contribution in [0.1, 0.15) is 13.8 Å². The maximum Gasteiger partial charge on any atom is 0.199 e. The molecule has 0 fully saturated rings. The molecule has 0 aliphatic rings. The van der Waals surface area contributed by atoms with Crippen molar-refractivity contribution in [3.8, 4) is 0 Å². The number of hydrogen-bond donors (Lipinski definition) is 1. The van der Waals surface area contributed by atoms with E-state index < -0.39 is 6.29 Å². The summed E-state index contributed by atoms with van der Waals surface area (Å²) in [7, 11) is 9.29. The molecule has 0 amide bonds. The Balaban J connectivity index is 0. The van der Waals surface area contributed by atoms with Gasteiger partial charge >= 0.3 is 0 Å². The molecule has 0 aliphatic carbocycles. The van der Waals surface area contributed by atoms with Crippen molar-refractivity contribution < 1.29 is 28.6 Å². The van der Waals surface area contributed by atoms with Gasteiger partial charge in [-0.1, -0.05) is 5.16 Å². The molecule has 0 aromatic carbocycles. The van der Waals surface area contributed by atoms with Crippen LogP contribution in [-0.4, -0.2) is 67.0 Å². The highest BCUT2D eigenvalue weighted by atomic mass is 16.7. The van der Waals surface area contributed by atoms with Gasteiger partial charge < -0.3 is 28.6 Å². The van der Waals surface area contributed by atoms with E-state index in [1.54, 1.807) is 42.5 Å². The number of nitrogens with one attached hydrogen (secondary N) is 1. The minimum Gasteiger partial charge on any atom is -0.399 e. The van der Waals surface area contributed by atoms with Crippen molar-refractivity contribution in [1.82, 2.24) is 5.48 Å². The first-order chi connectivity index (χ1) is 9.51. The number of rotatable bonds is 9. The number of hydrogen-bond acceptors (Lipinski definition) is 8. The normalized spacial score (nSPS) is 13.2. The smallest absolute Gasteiger partial charge is 0.199 e. The number of methoxy groups -OCH3 is 4. The number of oxime groups is 1. The molecule has 0 rings (SSSR count). The minimum absolute atomic E-state index is 0.0278. The summed E-state index contributed by atoms with van der Waals surface area (Å²) in [6.45, 7) is 3.67. The Bertz CT molecular complexity index is 232. The zero-order chi connectivity index (χ0) is 16.0. The van der Waals surface area contributed by atoms with Crippen LogP contribution in [0.4, 0.5) is 0 Å². The number of hydroxylamine groups is 1. The van der Waals surface area contributed by atoms with Crippen LogP contribution in [0.2, 0.25) is 0 Å². The van der Waals surface area contributed by atoms with Crippen LogP contribution in [0, 0.1) is 0 Å². The molecule has 8 nitrogen and oxygen atoms in total. The summed E-state index contributed by atoms with van der Waals surface area (Å²) >= 11 is 0. The van der Waals surface area contributed by atoms with Crippen LogP contribution in [-0.2, 0) is 28.6 Å². The third kappa shape index (κ3) is 10.1. The first-order valence-corrected chi connectivity index (χ1v) is 5.99. The van der Waals surface area contributed by atoms with Crippen LogP contribution in [0.25, 0.3) is 0 Å². The predicted molar refractivity (Wildman–Crippen MR) is 75.3 cm³/mol. The Hall–Kier alpha value is -0.770. The SMILES string of the molecule is CO/N=C(\C)C(OC)OC.CONC(C)C(OC)OC. The molecule has 0 spiro atoms. The highest BCUT2D eigenvalue weighted by Crippen LogP contribution is 1.97. The zero-order valence-corrected chi connectivity index (χ0v) is 13.6. The molecule has 8 heteroatoms. The maximum absolute atomic E-state index is 4.95. The molecular formula is C12H28N2O6. The van der Waals surface area contributed by atoms with Crippen LogP contribution in [0.15, 0.2) is 5.16 Å². The molecule has 0 aliphatic heterocycles. The predicted octanol–water partition coefficient (Wildman–Crippen LogP) is 0.772. The molecule has 122 valence electrons. The molecule has 20 heavy (non-hydrogen) atoms. The van der Waals surface area contributed by atoms with E-state index in [2.05, 4.69) is 20.3 Å². The molecule has 1 unspecified atom stereocenters. The van der Waals surface area contributed by atoms with Crippen molar-refractivity contribution in [3.05, 3.63) is 0 Å². The van der Waals surface area contributed by atoms with Gasteiger partial charge in [-0.3, -0.25) is 0 Å². The van der Waals surface area contributed by atoms with E-state index in [0.717, 1.165) is 0 Å². The van der Waals surface area contributed by atoms with Crippen molar-refractivity contribution >= 4 is 5.71 Å². The van der Waals surface area contributed by atoms with Gasteiger partial charge in [0.1, 0.15) is 12.8 Å². The van der Waals surface area contributed by atoms with Crippen LogP contribution >= 0.6 is 0 Å². The summed E-state index contributed by atoms with van der Waals surface area (Å²) < 4.78 is 19.7. The first kappa shape index (κ1) is 21.5. The lowest BCUT2D eigenvalue weighted by atomic mass is 10.3. The van der Waals surface area contributed by atoms with Crippen LogP contribution in [0.3, 0.4) is 0 Å². The van der Waals surface area contributed by atoms with Crippen molar-refractivity contribution in [2.75, 3.05) is 42.7 Å². The summed E-state index contributed by atoms with van der Waals surface area (Å²) in [5.41, 5.74) is 3.36. The molecule has 0 aromatic rings. The lowest BCUT2D eigenvalue weighted by Gasteiger charge is -2.20. The van der Waals surface area contributed by atoms with E-state index in [1.807, 2.05) is 6.92 Å². The molecule has 0 saturated carbocycles. The molecule has 0 heterocycles. The summed E-state index contributed by atoms with van der Waals surface area (Å²) in [6.07, 6.45) is -0.667. The second-order valence-electron chi connectivity index (χ2n) is 3.67. The zero-order valence-electron chi connectivity index (χ0n) is 13.6. The average Bonchev–Trinajstić information content (AvgIpc) is 2.43. The van der Waals surface area contributed by atoms with E-state index in [1.165, 1.54) is 7.11 Å². The quantitative estimate of drug-likeness (QED) is 0.382. The maximum atomic E-state index is 4.95. The van der Waals surface area contributed by atoms with Crippen molar-refractivity contribution in [2.45, 2.75) is 32.5 Å². The van der Waals surface area contributed by atoms with Crippen molar-refractivity contribution in [2.24, 2.45) is 5.16 Å². The Labute approximate surface area is 121 Å². The van der Waals surface area contributed by atoms with E-state index in [-0.39, 0.29) is 12.3 Å². The third-order valence-electron chi connectivity index (χ3n) is 2.18. The first-order valence-electron chi connectivity index (χ1n) is 5.99. The summed E-state index contributed by atoms with van der Waals surface area (Å²) in [4.78, 5) is 9.19. The van der Waals surface area contributed by atoms with Gasteiger partial charge in [0.25, 0.3) is 0 Å². The van der Waals surface area contributed by atoms with Gasteiger partial charge in [0.2, 0.25) is 0 Å². The average molecular weight is 296 g/mol. The molecule has 1 atom stereocenters. The lowest BCUT2D eigenvalue weighted by Crippen LogP contribution is -2.38. The second-order valence-corrected chi connectivity index (χ2v) is 3.67. The number of ether oxygens (including phenoxy) is 4. The van der Waals surface area contributed by atoms with E-state index >= 15 is 0 Å². The standard InChI is InChI=1S/C6H15NO3.C6H13NO3/c2*1-5(7-10-4)6(8-2)9-3/h5-7H,1-4H3;6H,1-4H3/b;7-5+. The van der Waals surface area contributed by atoms with Gasteiger partial charge in [0.05, 0.1) is 13.2 Å². The summed E-state index contributed by atoms with van der Waals surface area (Å²) in [5, 5.41) is 3.63. The molecule has 0 bridgehead atoms. The van der Waals surface area contributed by atoms with Crippen LogP contribution < -0.4 is 5.48 Å². The highest BCUT2D eigenvalue weighted by molar-refractivity contribution is 5.84. The number of nitrogens with zero attached hydrogens (tertiary/aromatic N) is 1. The molecular weight excluding hydrogens is 268 g/mol. The monoisotopic (exact) mass is 296 g/mol. The van der Waals surface area contributed by atoms with Gasteiger partial charge in [0.15, 0.2) is 12.6 Å². The van der Waals surface area contributed by atoms with Crippen LogP contribution in [0.5, 0.6) is 0 Å². The van der Waals surface area contributed by atoms with E-state index in [4.69, 9.17) is 18.9 Å². The van der Waals surface area contributed by atoms with Gasteiger partial charge in [-0.25, -0.2) is 0 Å². The van der Waals surface area contributed by atoms with Gasteiger partial charge in [0, 0.05) is 28.4 Å². The minimum atomic E-state index is -0.403. The van der Waals surface area contributed by atoms with Gasteiger partial charge in [-0.2, -0.15) is 5.48 Å². The van der Waals surface area contributed by atoms with Crippen molar-refractivity contribution in [1.29, 1.82) is 0 Å². The Morgan fingerprint density at radius 3 is 1.70 bits per heavy atom. The van der Waals surface area contributed by atoms with Gasteiger partial charge in [-0.05, 0) is 13.8 Å². The highest BCUT2D eigenvalue weighted by Gasteiger charge is 2.14. The Morgan fingerprint density at radius 1 is 0.900 bits per heavy atom. The van der Waals surface area contributed by atoms with E-state index in [0.29, 0.717) is 5.71 Å². The largest absolute Gasteiger partial charge is 0.399 e. The van der Waals surface area contributed by atoms with Gasteiger partial charge in [-0.15, -0.1) is 0 Å². The fourth-order valence-corrected chi connectivity index (χ4v) is 1.37. The van der Waals surface area contributed by atoms with Crippen molar-refractivity contribution in [3.63, 3.8) is 0 Å². The lowest BCUT2D eigenvalue weighted by molar-refractivity contribution is -0.142. The molecule has 0 saturated heterocycles. The fraction of sp³-hybridized carbons (Fsp3) is 0.917. The molecule has 0 radical (unpaired) electrons. The third-order valence-corrected chi connectivity index (χ3v) is 2.18. The second kappa shape index (κ2) is 14.6. The molecule has 0 aromatic heterocycles. The Morgan fingerprint density at radius 2 is 1.40 bits per heavy atom. The summed E-state index contributed by atoms with van der Waals surface area (Å²) in [5.74, 6) is 0.